The van der Waals surface area contributed by atoms with Gasteiger partial charge >= 0.3 is 5.97 Å². The molecule has 7 heteroatoms. The molecule has 0 saturated carbocycles. The fourth-order valence-electron chi connectivity index (χ4n) is 2.28. The number of aromatic hydroxyl groups is 1. The molecule has 0 aliphatic carbocycles. The first-order valence-electron chi connectivity index (χ1n) is 7.50. The predicted molar refractivity (Wildman–Crippen MR) is 90.1 cm³/mol. The lowest BCUT2D eigenvalue weighted by Gasteiger charge is -2.09. The number of rotatable bonds is 6. The van der Waals surface area contributed by atoms with Gasteiger partial charge < -0.3 is 19.7 Å². The number of ether oxygens (including phenoxy) is 2. The summed E-state index contributed by atoms with van der Waals surface area (Å²) in [5.41, 5.74) is 1.60. The molecule has 0 aliphatic rings. The van der Waals surface area contributed by atoms with Crippen LogP contribution in [0.2, 0.25) is 0 Å². The van der Waals surface area contributed by atoms with Gasteiger partial charge in [-0.3, -0.25) is 5.10 Å². The number of nitrogens with zero attached hydrogens (tertiary/aromatic N) is 1. The molecular formula is C18H16N2O5. The number of H-pyrrole nitrogens is 1. The van der Waals surface area contributed by atoms with Crippen LogP contribution >= 0.6 is 0 Å². The Labute approximate surface area is 143 Å². The van der Waals surface area contributed by atoms with E-state index in [0.29, 0.717) is 28.5 Å². The van der Waals surface area contributed by atoms with Gasteiger partial charge in [-0.05, 0) is 31.2 Å². The van der Waals surface area contributed by atoms with E-state index in [-0.39, 0.29) is 11.5 Å². The van der Waals surface area contributed by atoms with Crippen LogP contribution in [0.5, 0.6) is 23.0 Å². The van der Waals surface area contributed by atoms with Crippen molar-refractivity contribution in [2.45, 2.75) is 6.92 Å². The normalized spacial score (nSPS) is 10.4. The minimum Gasteiger partial charge on any atom is -0.507 e. The van der Waals surface area contributed by atoms with Crippen molar-refractivity contribution in [1.82, 2.24) is 10.2 Å². The van der Waals surface area contributed by atoms with E-state index in [1.54, 1.807) is 12.1 Å². The van der Waals surface area contributed by atoms with Gasteiger partial charge in [0, 0.05) is 11.6 Å². The van der Waals surface area contributed by atoms with Gasteiger partial charge in [-0.2, -0.15) is 5.10 Å². The minimum absolute atomic E-state index is 0.0905. The van der Waals surface area contributed by atoms with E-state index in [1.165, 1.54) is 6.07 Å². The summed E-state index contributed by atoms with van der Waals surface area (Å²) in [5.74, 6) is 0.216. The number of nitrogens with one attached hydrogen (secondary N) is 1. The summed E-state index contributed by atoms with van der Waals surface area (Å²) in [6, 6.07) is 13.7. The summed E-state index contributed by atoms with van der Waals surface area (Å²) in [4.78, 5) is 10.5. The molecule has 1 aromatic heterocycles. The summed E-state index contributed by atoms with van der Waals surface area (Å²) >= 11 is 0. The minimum atomic E-state index is -1.09. The third kappa shape index (κ3) is 3.72. The van der Waals surface area contributed by atoms with Crippen LogP contribution in [0, 0.1) is 6.92 Å². The highest BCUT2D eigenvalue weighted by Crippen LogP contribution is 2.39. The quantitative estimate of drug-likeness (QED) is 0.635. The van der Waals surface area contributed by atoms with Crippen LogP contribution in [0.3, 0.4) is 0 Å². The Bertz CT molecular complexity index is 890. The Kier molecular flexibility index (Phi) is 4.56. The van der Waals surface area contributed by atoms with Crippen molar-refractivity contribution in [1.29, 1.82) is 0 Å². The predicted octanol–water partition coefficient (Wildman–Crippen LogP) is 3.35. The largest absolute Gasteiger partial charge is 0.507 e. The van der Waals surface area contributed by atoms with Crippen LogP contribution in [-0.2, 0) is 4.79 Å². The molecule has 0 atom stereocenters. The second-order valence-corrected chi connectivity index (χ2v) is 5.30. The number of aromatic amines is 1. The Morgan fingerprint density at radius 3 is 2.60 bits per heavy atom. The molecule has 3 rings (SSSR count). The number of aromatic nitrogens is 2. The maximum Gasteiger partial charge on any atom is 0.341 e. The Morgan fingerprint density at radius 2 is 1.92 bits per heavy atom. The molecule has 0 amide bonds. The second kappa shape index (κ2) is 6.96. The van der Waals surface area contributed by atoms with Gasteiger partial charge in [0.25, 0.3) is 0 Å². The van der Waals surface area contributed by atoms with Crippen LogP contribution in [0.15, 0.2) is 48.5 Å². The molecule has 3 aromatic rings. The lowest BCUT2D eigenvalue weighted by Crippen LogP contribution is -2.09. The summed E-state index contributed by atoms with van der Waals surface area (Å²) < 4.78 is 10.9. The number of aliphatic carboxylic acids is 1. The van der Waals surface area contributed by atoms with Crippen molar-refractivity contribution in [3.63, 3.8) is 0 Å². The van der Waals surface area contributed by atoms with Crippen molar-refractivity contribution < 1.29 is 24.5 Å². The fraction of sp³-hybridized carbons (Fsp3) is 0.111. The van der Waals surface area contributed by atoms with E-state index in [9.17, 15) is 9.90 Å². The summed E-state index contributed by atoms with van der Waals surface area (Å²) in [7, 11) is 0. The van der Waals surface area contributed by atoms with Crippen LogP contribution in [0.25, 0.3) is 11.3 Å². The molecule has 0 unspecified atom stereocenters. The molecule has 2 aromatic carbocycles. The SMILES string of the molecule is Cc1[nH]nc(-c2ccc(OCC(=O)O)cc2O)c1Oc1ccccc1. The van der Waals surface area contributed by atoms with E-state index in [2.05, 4.69) is 10.2 Å². The Hall–Kier alpha value is -3.48. The summed E-state index contributed by atoms with van der Waals surface area (Å²) in [5, 5.41) is 26.0. The zero-order chi connectivity index (χ0) is 17.8. The zero-order valence-electron chi connectivity index (χ0n) is 13.4. The van der Waals surface area contributed by atoms with Crippen molar-refractivity contribution in [2.24, 2.45) is 0 Å². The molecule has 0 saturated heterocycles. The van der Waals surface area contributed by atoms with Crippen LogP contribution in [0.1, 0.15) is 5.69 Å². The van der Waals surface area contributed by atoms with Gasteiger partial charge in [0.15, 0.2) is 12.4 Å². The van der Waals surface area contributed by atoms with Crippen molar-refractivity contribution in [3.8, 4) is 34.3 Å². The van der Waals surface area contributed by atoms with Crippen molar-refractivity contribution >= 4 is 5.97 Å². The average Bonchev–Trinajstić information content (AvgIpc) is 2.95. The third-order valence-corrected chi connectivity index (χ3v) is 3.44. The van der Waals surface area contributed by atoms with Gasteiger partial charge in [0.1, 0.15) is 22.9 Å². The average molecular weight is 340 g/mol. The van der Waals surface area contributed by atoms with Gasteiger partial charge in [0.2, 0.25) is 0 Å². The van der Waals surface area contributed by atoms with E-state index in [1.807, 2.05) is 37.3 Å². The smallest absolute Gasteiger partial charge is 0.341 e. The molecule has 25 heavy (non-hydrogen) atoms. The molecule has 1 heterocycles. The Morgan fingerprint density at radius 1 is 1.16 bits per heavy atom. The maximum atomic E-state index is 10.5. The molecule has 0 bridgehead atoms. The lowest BCUT2D eigenvalue weighted by molar-refractivity contribution is -0.139. The fourth-order valence-corrected chi connectivity index (χ4v) is 2.28. The number of phenols is 1. The zero-order valence-corrected chi connectivity index (χ0v) is 13.4. The molecule has 0 fully saturated rings. The van der Waals surface area contributed by atoms with Crippen molar-refractivity contribution in [3.05, 3.63) is 54.2 Å². The van der Waals surface area contributed by atoms with Crippen LogP contribution < -0.4 is 9.47 Å². The number of hydrogen-bond acceptors (Lipinski definition) is 5. The summed E-state index contributed by atoms with van der Waals surface area (Å²) in [6.07, 6.45) is 0. The van der Waals surface area contributed by atoms with Gasteiger partial charge in [-0.25, -0.2) is 4.79 Å². The number of benzene rings is 2. The highest BCUT2D eigenvalue weighted by Gasteiger charge is 2.18. The molecule has 0 spiro atoms. The first-order valence-corrected chi connectivity index (χ1v) is 7.50. The number of aryl methyl sites for hydroxylation is 1. The van der Waals surface area contributed by atoms with Crippen molar-refractivity contribution in [2.75, 3.05) is 6.61 Å². The number of carbonyl (C=O) groups is 1. The van der Waals surface area contributed by atoms with E-state index >= 15 is 0 Å². The standard InChI is InChI=1S/C18H16N2O5/c1-11-18(25-12-5-3-2-4-6-12)17(20-19-11)14-8-7-13(9-15(14)21)24-10-16(22)23/h2-9,21H,10H2,1H3,(H,19,20)(H,22,23). The number of phenolic OH excluding ortho intramolecular Hbond substituents is 1. The molecular weight excluding hydrogens is 324 g/mol. The molecule has 0 aliphatic heterocycles. The Balaban J connectivity index is 1.91. The number of para-hydroxylation sites is 1. The van der Waals surface area contributed by atoms with Gasteiger partial charge in [-0.1, -0.05) is 18.2 Å². The second-order valence-electron chi connectivity index (χ2n) is 5.30. The number of hydrogen-bond donors (Lipinski definition) is 3. The maximum absolute atomic E-state index is 10.5. The first-order chi connectivity index (χ1) is 12.0. The molecule has 0 radical (unpaired) electrons. The first kappa shape index (κ1) is 16.4. The van der Waals surface area contributed by atoms with E-state index in [0.717, 1.165) is 0 Å². The van der Waals surface area contributed by atoms with E-state index < -0.39 is 12.6 Å². The monoisotopic (exact) mass is 340 g/mol. The molecule has 3 N–H and O–H groups in total. The number of carboxylic acid groups (broad SMARTS) is 1. The highest BCUT2D eigenvalue weighted by molar-refractivity contribution is 5.74. The van der Waals surface area contributed by atoms with Crippen LogP contribution in [0.4, 0.5) is 0 Å². The number of carboxylic acids is 1. The van der Waals surface area contributed by atoms with Gasteiger partial charge in [-0.15, -0.1) is 0 Å². The highest BCUT2D eigenvalue weighted by atomic mass is 16.5. The van der Waals surface area contributed by atoms with E-state index in [4.69, 9.17) is 14.6 Å². The van der Waals surface area contributed by atoms with Crippen LogP contribution in [-0.4, -0.2) is 33.0 Å². The third-order valence-electron chi connectivity index (χ3n) is 3.44. The molecule has 128 valence electrons. The summed E-state index contributed by atoms with van der Waals surface area (Å²) in [6.45, 7) is 1.33. The lowest BCUT2D eigenvalue weighted by atomic mass is 10.1. The van der Waals surface area contributed by atoms with Gasteiger partial charge in [0.05, 0.1) is 5.69 Å². The molecule has 7 nitrogen and oxygen atoms in total. The topological polar surface area (TPSA) is 105 Å².